The standard InChI is InChI=1S/C10H8BrIN2/c1-2-6-3-8(11)4-7-5-13-10(12)14-9(6)7/h3-5H,2H2,1H3. The van der Waals surface area contributed by atoms with Gasteiger partial charge in [0.15, 0.2) is 3.83 Å². The summed E-state index contributed by atoms with van der Waals surface area (Å²) >= 11 is 5.62. The average molecular weight is 363 g/mol. The molecular formula is C10H8BrIN2. The fraction of sp³-hybridized carbons (Fsp3) is 0.200. The van der Waals surface area contributed by atoms with Gasteiger partial charge in [-0.2, -0.15) is 0 Å². The van der Waals surface area contributed by atoms with Crippen molar-refractivity contribution in [3.63, 3.8) is 0 Å². The van der Waals surface area contributed by atoms with Crippen LogP contribution >= 0.6 is 38.5 Å². The van der Waals surface area contributed by atoms with Crippen molar-refractivity contribution in [1.82, 2.24) is 9.97 Å². The lowest BCUT2D eigenvalue weighted by molar-refractivity contribution is 1.10. The molecule has 0 fully saturated rings. The summed E-state index contributed by atoms with van der Waals surface area (Å²) in [5, 5.41) is 1.09. The summed E-state index contributed by atoms with van der Waals surface area (Å²) in [5.74, 6) is 0. The van der Waals surface area contributed by atoms with Crippen molar-refractivity contribution < 1.29 is 0 Å². The van der Waals surface area contributed by atoms with Crippen LogP contribution in [-0.2, 0) is 6.42 Å². The molecule has 0 saturated carbocycles. The Kier molecular flexibility index (Phi) is 3.02. The summed E-state index contributed by atoms with van der Waals surface area (Å²) < 4.78 is 1.89. The molecule has 2 nitrogen and oxygen atoms in total. The number of rotatable bonds is 1. The number of benzene rings is 1. The van der Waals surface area contributed by atoms with Crippen LogP contribution in [0.4, 0.5) is 0 Å². The molecule has 4 heteroatoms. The van der Waals surface area contributed by atoms with E-state index in [1.807, 2.05) is 12.3 Å². The highest BCUT2D eigenvalue weighted by Gasteiger charge is 2.04. The second-order valence-electron chi connectivity index (χ2n) is 3.00. The first kappa shape index (κ1) is 10.3. The Morgan fingerprint density at radius 2 is 2.21 bits per heavy atom. The first-order valence-corrected chi connectivity index (χ1v) is 6.18. The molecule has 2 rings (SSSR count). The Labute approximate surface area is 104 Å². The SMILES string of the molecule is CCc1cc(Br)cc2cnc(I)nc12. The normalized spacial score (nSPS) is 10.8. The van der Waals surface area contributed by atoms with E-state index in [-0.39, 0.29) is 0 Å². The van der Waals surface area contributed by atoms with E-state index in [4.69, 9.17) is 0 Å². The third-order valence-electron chi connectivity index (χ3n) is 2.08. The molecule has 14 heavy (non-hydrogen) atoms. The lowest BCUT2D eigenvalue weighted by atomic mass is 10.1. The maximum absolute atomic E-state index is 4.44. The zero-order valence-electron chi connectivity index (χ0n) is 7.59. The molecule has 1 aromatic heterocycles. The Balaban J connectivity index is 2.81. The highest BCUT2D eigenvalue weighted by Crippen LogP contribution is 2.23. The third kappa shape index (κ3) is 1.91. The van der Waals surface area contributed by atoms with Crippen LogP contribution in [0.25, 0.3) is 10.9 Å². The largest absolute Gasteiger partial charge is 0.231 e. The summed E-state index contributed by atoms with van der Waals surface area (Å²) in [6.45, 7) is 2.14. The second kappa shape index (κ2) is 4.10. The molecule has 2 aromatic rings. The fourth-order valence-electron chi connectivity index (χ4n) is 1.43. The van der Waals surface area contributed by atoms with Gasteiger partial charge in [-0.05, 0) is 24.1 Å². The summed E-state index contributed by atoms with van der Waals surface area (Å²) in [5.41, 5.74) is 2.32. The van der Waals surface area contributed by atoms with E-state index in [1.54, 1.807) is 0 Å². The van der Waals surface area contributed by atoms with E-state index >= 15 is 0 Å². The molecule has 0 amide bonds. The molecule has 0 atom stereocenters. The van der Waals surface area contributed by atoms with Crippen molar-refractivity contribution >= 4 is 49.4 Å². The van der Waals surface area contributed by atoms with E-state index in [0.29, 0.717) is 0 Å². The quantitative estimate of drug-likeness (QED) is 0.572. The molecule has 0 bridgehead atoms. The van der Waals surface area contributed by atoms with Gasteiger partial charge in [0.05, 0.1) is 5.52 Å². The summed E-state index contributed by atoms with van der Waals surface area (Å²) in [6.07, 6.45) is 2.86. The minimum atomic E-state index is 0.798. The van der Waals surface area contributed by atoms with Crippen LogP contribution in [0.2, 0.25) is 0 Å². The van der Waals surface area contributed by atoms with E-state index in [1.165, 1.54) is 5.56 Å². The van der Waals surface area contributed by atoms with Gasteiger partial charge in [0.2, 0.25) is 0 Å². The molecule has 1 heterocycles. The van der Waals surface area contributed by atoms with Crippen LogP contribution in [0.3, 0.4) is 0 Å². The zero-order valence-corrected chi connectivity index (χ0v) is 11.3. The Hall–Kier alpha value is -0.230. The fourth-order valence-corrected chi connectivity index (χ4v) is 2.33. The number of hydrogen-bond donors (Lipinski definition) is 0. The Bertz CT molecular complexity index is 485. The predicted molar refractivity (Wildman–Crippen MR) is 69.3 cm³/mol. The van der Waals surface area contributed by atoms with Crippen molar-refractivity contribution in [2.24, 2.45) is 0 Å². The molecule has 1 aromatic carbocycles. The van der Waals surface area contributed by atoms with Crippen LogP contribution in [0.5, 0.6) is 0 Å². The van der Waals surface area contributed by atoms with Gasteiger partial charge >= 0.3 is 0 Å². The lowest BCUT2D eigenvalue weighted by Gasteiger charge is -2.04. The number of hydrogen-bond acceptors (Lipinski definition) is 2. The van der Waals surface area contributed by atoms with Gasteiger partial charge in [0, 0.05) is 38.6 Å². The van der Waals surface area contributed by atoms with Crippen molar-refractivity contribution in [1.29, 1.82) is 0 Å². The molecule has 0 unspecified atom stereocenters. The van der Waals surface area contributed by atoms with Gasteiger partial charge in [0.25, 0.3) is 0 Å². The van der Waals surface area contributed by atoms with Gasteiger partial charge < -0.3 is 0 Å². The van der Waals surface area contributed by atoms with E-state index in [0.717, 1.165) is 25.6 Å². The van der Waals surface area contributed by atoms with Gasteiger partial charge in [-0.3, -0.25) is 0 Å². The van der Waals surface area contributed by atoms with E-state index < -0.39 is 0 Å². The topological polar surface area (TPSA) is 25.8 Å². The van der Waals surface area contributed by atoms with Crippen molar-refractivity contribution in [3.8, 4) is 0 Å². The number of halogens is 2. The van der Waals surface area contributed by atoms with Crippen LogP contribution in [0.1, 0.15) is 12.5 Å². The summed E-state index contributed by atoms with van der Waals surface area (Å²) in [4.78, 5) is 8.62. The molecular weight excluding hydrogens is 355 g/mol. The molecule has 0 radical (unpaired) electrons. The van der Waals surface area contributed by atoms with Crippen LogP contribution in [0, 0.1) is 3.83 Å². The number of aromatic nitrogens is 2. The molecule has 0 N–H and O–H groups in total. The molecule has 0 saturated heterocycles. The molecule has 0 spiro atoms. The monoisotopic (exact) mass is 362 g/mol. The third-order valence-corrected chi connectivity index (χ3v) is 3.06. The molecule has 0 aliphatic heterocycles. The minimum absolute atomic E-state index is 0.798. The van der Waals surface area contributed by atoms with Gasteiger partial charge in [-0.1, -0.05) is 22.9 Å². The summed E-state index contributed by atoms with van der Waals surface area (Å²) in [7, 11) is 0. The average Bonchev–Trinajstić information content (AvgIpc) is 2.17. The zero-order chi connectivity index (χ0) is 10.1. The highest BCUT2D eigenvalue weighted by atomic mass is 127. The van der Waals surface area contributed by atoms with Crippen molar-refractivity contribution in [3.05, 3.63) is 32.2 Å². The maximum Gasteiger partial charge on any atom is 0.191 e. The first-order valence-electron chi connectivity index (χ1n) is 4.31. The Morgan fingerprint density at radius 3 is 2.93 bits per heavy atom. The molecule has 72 valence electrons. The smallest absolute Gasteiger partial charge is 0.191 e. The van der Waals surface area contributed by atoms with Gasteiger partial charge in [0.1, 0.15) is 0 Å². The van der Waals surface area contributed by atoms with Crippen LogP contribution in [0.15, 0.2) is 22.8 Å². The van der Waals surface area contributed by atoms with Crippen LogP contribution < -0.4 is 0 Å². The Morgan fingerprint density at radius 1 is 1.43 bits per heavy atom. The maximum atomic E-state index is 4.44. The minimum Gasteiger partial charge on any atom is -0.231 e. The molecule has 0 aliphatic carbocycles. The molecule has 0 aliphatic rings. The van der Waals surface area contributed by atoms with Crippen molar-refractivity contribution in [2.45, 2.75) is 13.3 Å². The second-order valence-corrected chi connectivity index (χ2v) is 4.88. The van der Waals surface area contributed by atoms with Gasteiger partial charge in [-0.15, -0.1) is 0 Å². The number of fused-ring (bicyclic) bond motifs is 1. The van der Waals surface area contributed by atoms with E-state index in [2.05, 4.69) is 61.5 Å². The van der Waals surface area contributed by atoms with Crippen LogP contribution in [-0.4, -0.2) is 9.97 Å². The van der Waals surface area contributed by atoms with Crippen molar-refractivity contribution in [2.75, 3.05) is 0 Å². The number of aryl methyl sites for hydroxylation is 1. The number of nitrogens with zero attached hydrogens (tertiary/aromatic N) is 2. The highest BCUT2D eigenvalue weighted by molar-refractivity contribution is 14.1. The summed E-state index contributed by atoms with van der Waals surface area (Å²) in [6, 6.07) is 4.16. The lowest BCUT2D eigenvalue weighted by Crippen LogP contribution is -1.92. The van der Waals surface area contributed by atoms with E-state index in [9.17, 15) is 0 Å². The van der Waals surface area contributed by atoms with Gasteiger partial charge in [-0.25, -0.2) is 9.97 Å². The first-order chi connectivity index (χ1) is 6.70. The predicted octanol–water partition coefficient (Wildman–Crippen LogP) is 3.56.